The highest BCUT2D eigenvalue weighted by Gasteiger charge is 2.22. The number of carbonyl (C=O) groups excluding carboxylic acids is 2. The van der Waals surface area contributed by atoms with E-state index in [1.54, 1.807) is 18.2 Å². The maximum atomic E-state index is 13.0. The van der Waals surface area contributed by atoms with E-state index in [0.29, 0.717) is 22.8 Å². The Kier molecular flexibility index (Phi) is 7.23. The van der Waals surface area contributed by atoms with E-state index in [1.165, 1.54) is 24.3 Å². The predicted molar refractivity (Wildman–Crippen MR) is 143 cm³/mol. The van der Waals surface area contributed by atoms with Gasteiger partial charge in [0.15, 0.2) is 18.1 Å². The number of benzene rings is 3. The number of ether oxygens (including phenoxy) is 3. The number of ketones is 1. The Morgan fingerprint density at radius 2 is 1.69 bits per heavy atom. The lowest BCUT2D eigenvalue weighted by Gasteiger charge is -2.11. The van der Waals surface area contributed by atoms with E-state index in [2.05, 4.69) is 4.72 Å². The number of hydrogen-bond donors (Lipinski definition) is 1. The fourth-order valence-corrected chi connectivity index (χ4v) is 5.47. The molecule has 0 bridgehead atoms. The highest BCUT2D eigenvalue weighted by atomic mass is 32.2. The van der Waals surface area contributed by atoms with Crippen molar-refractivity contribution in [2.75, 3.05) is 13.4 Å². The molecular weight excluding hydrogens is 520 g/mol. The van der Waals surface area contributed by atoms with E-state index >= 15 is 0 Å². The Hall–Kier alpha value is -4.41. The smallest absolute Gasteiger partial charge is 0.338 e. The van der Waals surface area contributed by atoms with Crippen LogP contribution in [0.25, 0.3) is 5.69 Å². The lowest BCUT2D eigenvalue weighted by Crippen LogP contribution is -2.23. The van der Waals surface area contributed by atoms with Crippen molar-refractivity contribution < 1.29 is 32.2 Å². The molecule has 200 valence electrons. The molecule has 1 aliphatic rings. The van der Waals surface area contributed by atoms with Crippen molar-refractivity contribution in [3.8, 4) is 17.2 Å². The molecule has 5 rings (SSSR count). The van der Waals surface area contributed by atoms with Gasteiger partial charge in [-0.15, -0.1) is 0 Å². The molecule has 1 aromatic heterocycles. The van der Waals surface area contributed by atoms with Crippen LogP contribution in [0.2, 0.25) is 0 Å². The maximum Gasteiger partial charge on any atom is 0.338 e. The van der Waals surface area contributed by atoms with Crippen molar-refractivity contribution in [2.24, 2.45) is 0 Å². The van der Waals surface area contributed by atoms with Gasteiger partial charge in [0.1, 0.15) is 0 Å². The van der Waals surface area contributed by atoms with Gasteiger partial charge in [-0.3, -0.25) is 4.79 Å². The monoisotopic (exact) mass is 546 g/mol. The van der Waals surface area contributed by atoms with Gasteiger partial charge in [-0.2, -0.15) is 0 Å². The zero-order chi connectivity index (χ0) is 27.6. The van der Waals surface area contributed by atoms with Crippen LogP contribution >= 0.6 is 0 Å². The molecule has 0 saturated carbocycles. The number of carbonyl (C=O) groups is 2. The summed E-state index contributed by atoms with van der Waals surface area (Å²) in [6.45, 7) is 3.46. The fraction of sp³-hybridized carbons (Fsp3) is 0.172. The van der Waals surface area contributed by atoms with Crippen molar-refractivity contribution in [1.82, 2.24) is 9.29 Å². The van der Waals surface area contributed by atoms with E-state index in [0.717, 1.165) is 16.9 Å². The Bertz CT molecular complexity index is 1660. The number of aromatic nitrogens is 1. The van der Waals surface area contributed by atoms with Crippen LogP contribution in [0, 0.1) is 13.8 Å². The molecule has 39 heavy (non-hydrogen) atoms. The predicted octanol–water partition coefficient (Wildman–Crippen LogP) is 4.34. The van der Waals surface area contributed by atoms with Gasteiger partial charge >= 0.3 is 5.97 Å². The number of esters is 1. The maximum absolute atomic E-state index is 13.0. The van der Waals surface area contributed by atoms with Gasteiger partial charge in [0.25, 0.3) is 0 Å². The van der Waals surface area contributed by atoms with Gasteiger partial charge in [0, 0.05) is 35.2 Å². The number of nitrogens with one attached hydrogen (secondary N) is 1. The Morgan fingerprint density at radius 1 is 0.923 bits per heavy atom. The second-order valence-electron chi connectivity index (χ2n) is 9.00. The fourth-order valence-electron chi connectivity index (χ4n) is 4.41. The topological polar surface area (TPSA) is 113 Å². The van der Waals surface area contributed by atoms with Crippen LogP contribution in [0.4, 0.5) is 0 Å². The SMILES string of the molecule is Cc1cc(C(=O)COC(=O)c2cccc(S(=O)(=O)NCc3ccccc3)c2)c(C)n1-c1ccc2c(c1)OCO2. The molecule has 2 heterocycles. The second kappa shape index (κ2) is 10.8. The van der Waals surface area contributed by atoms with Crippen LogP contribution < -0.4 is 14.2 Å². The summed E-state index contributed by atoms with van der Waals surface area (Å²) < 4.78 is 46.0. The summed E-state index contributed by atoms with van der Waals surface area (Å²) in [5.41, 5.74) is 3.56. The van der Waals surface area contributed by atoms with Crippen molar-refractivity contribution >= 4 is 21.8 Å². The van der Waals surface area contributed by atoms with Crippen LogP contribution in [0.1, 0.15) is 37.7 Å². The van der Waals surface area contributed by atoms with Crippen LogP contribution in [0.15, 0.2) is 83.8 Å². The average Bonchev–Trinajstić information content (AvgIpc) is 3.54. The average molecular weight is 547 g/mol. The van der Waals surface area contributed by atoms with Gasteiger partial charge in [-0.05, 0) is 55.8 Å². The van der Waals surface area contributed by atoms with Gasteiger partial charge in [-0.25, -0.2) is 17.9 Å². The zero-order valence-electron chi connectivity index (χ0n) is 21.3. The van der Waals surface area contributed by atoms with E-state index in [4.69, 9.17) is 14.2 Å². The quantitative estimate of drug-likeness (QED) is 0.245. The molecule has 0 atom stereocenters. The summed E-state index contributed by atoms with van der Waals surface area (Å²) in [5, 5.41) is 0. The molecule has 0 fully saturated rings. The minimum absolute atomic E-state index is 0.0243. The first-order valence-corrected chi connectivity index (χ1v) is 13.6. The highest BCUT2D eigenvalue weighted by Crippen LogP contribution is 2.35. The Morgan fingerprint density at radius 3 is 2.49 bits per heavy atom. The van der Waals surface area contributed by atoms with Crippen molar-refractivity contribution in [3.05, 3.63) is 107 Å². The highest BCUT2D eigenvalue weighted by molar-refractivity contribution is 7.89. The van der Waals surface area contributed by atoms with Gasteiger partial charge in [0.2, 0.25) is 22.6 Å². The largest absolute Gasteiger partial charge is 0.454 e. The number of nitrogens with zero attached hydrogens (tertiary/aromatic N) is 1. The molecule has 10 heteroatoms. The van der Waals surface area contributed by atoms with Crippen LogP contribution in [-0.2, 0) is 21.3 Å². The molecule has 0 spiro atoms. The minimum atomic E-state index is -3.87. The van der Waals surface area contributed by atoms with Gasteiger partial charge in [0.05, 0.1) is 10.5 Å². The first kappa shape index (κ1) is 26.2. The Labute approximate surface area is 226 Å². The molecule has 3 aromatic carbocycles. The molecule has 1 aliphatic heterocycles. The van der Waals surface area contributed by atoms with E-state index in [1.807, 2.05) is 54.8 Å². The number of sulfonamides is 1. The molecule has 9 nitrogen and oxygen atoms in total. The molecule has 0 amide bonds. The number of fused-ring (bicyclic) bond motifs is 1. The lowest BCUT2D eigenvalue weighted by molar-refractivity contribution is 0.0474. The third kappa shape index (κ3) is 5.57. The molecule has 4 aromatic rings. The molecule has 0 saturated heterocycles. The summed E-state index contributed by atoms with van der Waals surface area (Å²) in [4.78, 5) is 25.6. The van der Waals surface area contributed by atoms with Crippen molar-refractivity contribution in [1.29, 1.82) is 0 Å². The van der Waals surface area contributed by atoms with Crippen LogP contribution in [0.5, 0.6) is 11.5 Å². The first-order valence-electron chi connectivity index (χ1n) is 12.2. The number of rotatable bonds is 9. The van der Waals surface area contributed by atoms with Crippen LogP contribution in [0.3, 0.4) is 0 Å². The third-order valence-electron chi connectivity index (χ3n) is 6.37. The Balaban J connectivity index is 1.26. The van der Waals surface area contributed by atoms with Gasteiger partial charge in [-0.1, -0.05) is 36.4 Å². The molecule has 1 N–H and O–H groups in total. The molecule has 0 aliphatic carbocycles. The van der Waals surface area contributed by atoms with Gasteiger partial charge < -0.3 is 18.8 Å². The summed E-state index contributed by atoms with van der Waals surface area (Å²) >= 11 is 0. The summed E-state index contributed by atoms with van der Waals surface area (Å²) in [6.07, 6.45) is 0. The standard InChI is InChI=1S/C29H26N2O7S/c1-19-13-25(20(2)31(19)23-11-12-27-28(15-23)38-18-37-27)26(32)17-36-29(33)22-9-6-10-24(14-22)39(34,35)30-16-21-7-4-3-5-8-21/h3-15,30H,16-18H2,1-2H3. The molecular formula is C29H26N2O7S. The zero-order valence-corrected chi connectivity index (χ0v) is 22.2. The number of Topliss-reactive ketones (excluding diaryl/α,β-unsaturated/α-hetero) is 1. The van der Waals surface area contributed by atoms with E-state index in [9.17, 15) is 18.0 Å². The molecule has 0 radical (unpaired) electrons. The normalized spacial score (nSPS) is 12.4. The number of hydrogen-bond acceptors (Lipinski definition) is 7. The van der Waals surface area contributed by atoms with Crippen LogP contribution in [-0.4, -0.2) is 38.1 Å². The number of aryl methyl sites for hydroxylation is 1. The summed E-state index contributed by atoms with van der Waals surface area (Å²) in [7, 11) is -3.87. The van der Waals surface area contributed by atoms with Crippen molar-refractivity contribution in [3.63, 3.8) is 0 Å². The minimum Gasteiger partial charge on any atom is -0.454 e. The van der Waals surface area contributed by atoms with E-state index in [-0.39, 0.29) is 29.6 Å². The van der Waals surface area contributed by atoms with E-state index < -0.39 is 22.6 Å². The summed E-state index contributed by atoms with van der Waals surface area (Å²) in [6, 6.07) is 21.9. The second-order valence-corrected chi connectivity index (χ2v) is 10.8. The molecule has 0 unspecified atom stereocenters. The lowest BCUT2D eigenvalue weighted by atomic mass is 10.1. The summed E-state index contributed by atoms with van der Waals surface area (Å²) in [5.74, 6) is 0.111. The first-order chi connectivity index (χ1) is 18.7. The van der Waals surface area contributed by atoms with Crippen molar-refractivity contribution in [2.45, 2.75) is 25.3 Å². The third-order valence-corrected chi connectivity index (χ3v) is 7.77.